The Hall–Kier alpha value is -2.41. The van der Waals surface area contributed by atoms with Crippen LogP contribution in [0.4, 0.5) is 0 Å². The van der Waals surface area contributed by atoms with E-state index in [1.54, 1.807) is 13.0 Å². The molecule has 0 aliphatic rings. The lowest BCUT2D eigenvalue weighted by Crippen LogP contribution is -2.18. The van der Waals surface area contributed by atoms with E-state index in [1.807, 2.05) is 18.2 Å². The molecule has 0 fully saturated rings. The number of nitrogens with two attached hydrogens (primary N) is 1. The number of hydrogen-bond acceptors (Lipinski definition) is 6. The van der Waals surface area contributed by atoms with E-state index in [2.05, 4.69) is 20.6 Å². The van der Waals surface area contributed by atoms with E-state index in [4.69, 9.17) is 15.5 Å². The molecule has 4 N–H and O–H groups in total. The second-order valence-corrected chi connectivity index (χ2v) is 4.34. The number of benzene rings is 1. The lowest BCUT2D eigenvalue weighted by atomic mass is 10.1. The largest absolute Gasteiger partial charge is 0.409 e. The number of hydrogen-bond donors (Lipinski definition) is 3. The summed E-state index contributed by atoms with van der Waals surface area (Å²) in [6.07, 6.45) is 0.706. The summed E-state index contributed by atoms with van der Waals surface area (Å²) in [7, 11) is 0. The molecule has 2 rings (SSSR count). The van der Waals surface area contributed by atoms with Crippen molar-refractivity contribution in [1.29, 1.82) is 0 Å². The number of amidine groups is 1. The van der Waals surface area contributed by atoms with Gasteiger partial charge in [-0.3, -0.25) is 0 Å². The molecule has 20 heavy (non-hydrogen) atoms. The minimum Gasteiger partial charge on any atom is -0.409 e. The molecule has 0 amide bonds. The van der Waals surface area contributed by atoms with E-state index in [1.165, 1.54) is 0 Å². The van der Waals surface area contributed by atoms with Gasteiger partial charge in [-0.25, -0.2) is 0 Å². The van der Waals surface area contributed by atoms with Crippen molar-refractivity contribution in [3.05, 3.63) is 47.1 Å². The van der Waals surface area contributed by atoms with Gasteiger partial charge in [0.1, 0.15) is 0 Å². The fourth-order valence-electron chi connectivity index (χ4n) is 1.77. The molecular formula is C13H17N5O2. The predicted octanol–water partition coefficient (Wildman–Crippen LogP) is 0.805. The smallest absolute Gasteiger partial charge is 0.223 e. The summed E-state index contributed by atoms with van der Waals surface area (Å²) in [5.74, 6) is 1.38. The van der Waals surface area contributed by atoms with Crippen molar-refractivity contribution in [2.45, 2.75) is 19.9 Å². The van der Waals surface area contributed by atoms with E-state index >= 15 is 0 Å². The van der Waals surface area contributed by atoms with E-state index in [9.17, 15) is 0 Å². The average molecular weight is 275 g/mol. The minimum absolute atomic E-state index is 0.106. The third kappa shape index (κ3) is 3.79. The molecule has 1 aromatic carbocycles. The molecule has 7 nitrogen and oxygen atoms in total. The summed E-state index contributed by atoms with van der Waals surface area (Å²) < 4.78 is 4.89. The fraction of sp³-hybridized carbons (Fsp3) is 0.308. The Morgan fingerprint density at radius 2 is 2.35 bits per heavy atom. The van der Waals surface area contributed by atoms with Gasteiger partial charge in [-0.2, -0.15) is 4.98 Å². The van der Waals surface area contributed by atoms with E-state index in [0.29, 0.717) is 30.2 Å². The molecule has 106 valence electrons. The lowest BCUT2D eigenvalue weighted by molar-refractivity contribution is 0.318. The molecule has 1 aromatic heterocycles. The summed E-state index contributed by atoms with van der Waals surface area (Å²) in [6, 6.07) is 7.51. The summed E-state index contributed by atoms with van der Waals surface area (Å²) in [5.41, 5.74) is 7.30. The highest BCUT2D eigenvalue weighted by Gasteiger charge is 2.03. The summed E-state index contributed by atoms with van der Waals surface area (Å²) in [4.78, 5) is 4.13. The van der Waals surface area contributed by atoms with Gasteiger partial charge in [0.15, 0.2) is 11.7 Å². The molecule has 7 heteroatoms. The topological polar surface area (TPSA) is 110 Å². The minimum atomic E-state index is 0.106. The van der Waals surface area contributed by atoms with Crippen LogP contribution >= 0.6 is 0 Å². The van der Waals surface area contributed by atoms with Crippen LogP contribution in [0.3, 0.4) is 0 Å². The third-order valence-electron chi connectivity index (χ3n) is 2.75. The molecule has 0 spiro atoms. The van der Waals surface area contributed by atoms with Crippen molar-refractivity contribution >= 4 is 5.84 Å². The van der Waals surface area contributed by atoms with Gasteiger partial charge in [0.25, 0.3) is 0 Å². The van der Waals surface area contributed by atoms with Crippen LogP contribution in [0.15, 0.2) is 33.9 Å². The molecule has 0 saturated heterocycles. The van der Waals surface area contributed by atoms with Crippen LogP contribution in [0.2, 0.25) is 0 Å². The number of nitrogens with zero attached hydrogens (tertiary/aromatic N) is 3. The highest BCUT2D eigenvalue weighted by atomic mass is 16.5. The maximum Gasteiger partial charge on any atom is 0.223 e. The first-order valence-electron chi connectivity index (χ1n) is 6.26. The maximum absolute atomic E-state index is 8.65. The Morgan fingerprint density at radius 3 is 3.05 bits per heavy atom. The Balaban J connectivity index is 1.82. The molecule has 0 aliphatic heterocycles. The molecular weight excluding hydrogens is 258 g/mol. The molecule has 0 aliphatic carbocycles. The number of aryl methyl sites for hydroxylation is 1. The van der Waals surface area contributed by atoms with Gasteiger partial charge in [0, 0.05) is 32.0 Å². The number of aromatic nitrogens is 2. The van der Waals surface area contributed by atoms with Crippen molar-refractivity contribution in [1.82, 2.24) is 15.5 Å². The van der Waals surface area contributed by atoms with Crippen LogP contribution < -0.4 is 11.1 Å². The van der Waals surface area contributed by atoms with Crippen LogP contribution in [0.5, 0.6) is 0 Å². The average Bonchev–Trinajstić information content (AvgIpc) is 2.88. The van der Waals surface area contributed by atoms with Crippen molar-refractivity contribution in [3.63, 3.8) is 0 Å². The van der Waals surface area contributed by atoms with Crippen LogP contribution in [-0.4, -0.2) is 27.7 Å². The van der Waals surface area contributed by atoms with Crippen molar-refractivity contribution in [2.75, 3.05) is 6.54 Å². The quantitative estimate of drug-likeness (QED) is 0.236. The molecule has 0 atom stereocenters. The monoisotopic (exact) mass is 275 g/mol. The lowest BCUT2D eigenvalue weighted by Gasteiger charge is -2.05. The van der Waals surface area contributed by atoms with Crippen LogP contribution in [0.25, 0.3) is 0 Å². The van der Waals surface area contributed by atoms with Crippen molar-refractivity contribution in [3.8, 4) is 0 Å². The van der Waals surface area contributed by atoms with E-state index in [0.717, 1.165) is 12.1 Å². The Morgan fingerprint density at radius 1 is 1.50 bits per heavy atom. The highest BCUT2D eigenvalue weighted by molar-refractivity contribution is 5.97. The number of oxime groups is 1. The zero-order valence-corrected chi connectivity index (χ0v) is 11.2. The van der Waals surface area contributed by atoms with Crippen LogP contribution in [0.1, 0.15) is 22.8 Å². The molecule has 2 aromatic rings. The standard InChI is InChI=1S/C13H17N5O2/c1-9-16-12(18-20-9)5-6-15-8-10-3-2-4-11(7-10)13(14)17-19/h2-4,7,15,19H,5-6,8H2,1H3,(H2,14,17). The normalized spacial score (nSPS) is 11.8. The fourth-order valence-corrected chi connectivity index (χ4v) is 1.77. The van der Waals surface area contributed by atoms with Gasteiger partial charge in [0.2, 0.25) is 5.89 Å². The molecule has 0 radical (unpaired) electrons. The van der Waals surface area contributed by atoms with Gasteiger partial charge in [-0.05, 0) is 11.6 Å². The van der Waals surface area contributed by atoms with Gasteiger partial charge >= 0.3 is 0 Å². The number of rotatable bonds is 6. The van der Waals surface area contributed by atoms with Crippen LogP contribution in [-0.2, 0) is 13.0 Å². The van der Waals surface area contributed by atoms with Gasteiger partial charge in [-0.1, -0.05) is 28.5 Å². The van der Waals surface area contributed by atoms with E-state index in [-0.39, 0.29) is 5.84 Å². The number of nitrogens with one attached hydrogen (secondary N) is 1. The third-order valence-corrected chi connectivity index (χ3v) is 2.75. The molecule has 0 unspecified atom stereocenters. The van der Waals surface area contributed by atoms with Gasteiger partial charge in [0.05, 0.1) is 0 Å². The first kappa shape index (κ1) is 14.0. The summed E-state index contributed by atoms with van der Waals surface area (Å²) in [6.45, 7) is 3.19. The van der Waals surface area contributed by atoms with Gasteiger partial charge in [-0.15, -0.1) is 0 Å². The predicted molar refractivity (Wildman–Crippen MR) is 73.4 cm³/mol. The molecule has 1 heterocycles. The van der Waals surface area contributed by atoms with Crippen LogP contribution in [0, 0.1) is 6.92 Å². The second-order valence-electron chi connectivity index (χ2n) is 4.34. The van der Waals surface area contributed by atoms with Gasteiger partial charge < -0.3 is 20.8 Å². The van der Waals surface area contributed by atoms with Crippen molar-refractivity contribution < 1.29 is 9.73 Å². The Kier molecular flexibility index (Phi) is 4.67. The SMILES string of the molecule is Cc1nc(CCNCc2cccc(/C(N)=N/O)c2)no1. The van der Waals surface area contributed by atoms with Crippen molar-refractivity contribution in [2.24, 2.45) is 10.9 Å². The Labute approximate surface area is 116 Å². The maximum atomic E-state index is 8.65. The summed E-state index contributed by atoms with van der Waals surface area (Å²) in [5, 5.41) is 18.7. The zero-order valence-electron chi connectivity index (χ0n) is 11.2. The Bertz CT molecular complexity index is 594. The zero-order chi connectivity index (χ0) is 14.4. The molecule has 0 bridgehead atoms. The highest BCUT2D eigenvalue weighted by Crippen LogP contribution is 2.05. The molecule has 0 saturated carbocycles. The van der Waals surface area contributed by atoms with E-state index < -0.39 is 0 Å². The second kappa shape index (κ2) is 6.67. The first-order chi connectivity index (χ1) is 9.69. The first-order valence-corrected chi connectivity index (χ1v) is 6.26. The summed E-state index contributed by atoms with van der Waals surface area (Å²) >= 11 is 0.